The summed E-state index contributed by atoms with van der Waals surface area (Å²) in [5.41, 5.74) is -4.49. The molecule has 3 fully saturated rings. The second kappa shape index (κ2) is 7.08. The van der Waals surface area contributed by atoms with Crippen molar-refractivity contribution in [3.63, 3.8) is 0 Å². The van der Waals surface area contributed by atoms with E-state index in [1.165, 1.54) is 12.2 Å². The van der Waals surface area contributed by atoms with E-state index in [2.05, 4.69) is 0 Å². The molecular weight excluding hydrogens is 419 g/mol. The van der Waals surface area contributed by atoms with Crippen LogP contribution in [-0.4, -0.2) is 40.1 Å². The molecule has 3 saturated carbocycles. The minimum atomic E-state index is -1.96. The molecular formula is C25H32ClFO4. The van der Waals surface area contributed by atoms with Gasteiger partial charge in [0, 0.05) is 17.8 Å². The lowest BCUT2D eigenvalue weighted by molar-refractivity contribution is -0.206. The third-order valence-electron chi connectivity index (χ3n) is 9.60. The molecule has 8 atom stereocenters. The Kier molecular flexibility index (Phi) is 5.22. The van der Waals surface area contributed by atoms with Crippen LogP contribution in [0.2, 0.25) is 0 Å². The van der Waals surface area contributed by atoms with Crippen molar-refractivity contribution in [3.05, 3.63) is 23.8 Å². The average Bonchev–Trinajstić information content (AvgIpc) is 2.95. The van der Waals surface area contributed by atoms with Gasteiger partial charge in [-0.05, 0) is 62.0 Å². The van der Waals surface area contributed by atoms with Crippen molar-refractivity contribution < 1.29 is 23.9 Å². The fourth-order valence-corrected chi connectivity index (χ4v) is 8.51. The van der Waals surface area contributed by atoms with Gasteiger partial charge in [0.1, 0.15) is 5.78 Å². The Labute approximate surface area is 188 Å². The average molecular weight is 451 g/mol. The summed E-state index contributed by atoms with van der Waals surface area (Å²) in [6, 6.07) is 0. The molecule has 0 radical (unpaired) electrons. The van der Waals surface area contributed by atoms with E-state index in [4.69, 9.17) is 11.6 Å². The van der Waals surface area contributed by atoms with Gasteiger partial charge in [-0.2, -0.15) is 0 Å². The number of carbonyl (C=O) groups is 3. The maximum atomic E-state index is 17.2. The van der Waals surface area contributed by atoms with Crippen molar-refractivity contribution in [1.29, 1.82) is 0 Å². The topological polar surface area (TPSA) is 71.4 Å². The number of ketones is 3. The second-order valence-electron chi connectivity index (χ2n) is 10.5. The molecule has 0 saturated heterocycles. The lowest BCUT2D eigenvalue weighted by Gasteiger charge is -2.63. The highest BCUT2D eigenvalue weighted by molar-refractivity contribution is 6.31. The Morgan fingerprint density at radius 3 is 2.55 bits per heavy atom. The van der Waals surface area contributed by atoms with Gasteiger partial charge in [0.05, 0.1) is 17.4 Å². The summed E-state index contributed by atoms with van der Waals surface area (Å²) in [6.45, 7) is 7.32. The molecule has 0 bridgehead atoms. The smallest absolute Gasteiger partial charge is 0.178 e. The van der Waals surface area contributed by atoms with Crippen molar-refractivity contribution in [2.24, 2.45) is 34.0 Å². The number of rotatable bonds is 4. The number of allylic oxidation sites excluding steroid dienone is 4. The summed E-state index contributed by atoms with van der Waals surface area (Å²) < 4.78 is 17.2. The van der Waals surface area contributed by atoms with Crippen LogP contribution in [-0.2, 0) is 14.4 Å². The van der Waals surface area contributed by atoms with Crippen LogP contribution in [0.4, 0.5) is 4.39 Å². The lowest BCUT2D eigenvalue weighted by Crippen LogP contribution is -2.68. The Morgan fingerprint density at radius 1 is 1.26 bits per heavy atom. The first-order chi connectivity index (χ1) is 14.4. The van der Waals surface area contributed by atoms with Gasteiger partial charge < -0.3 is 5.11 Å². The van der Waals surface area contributed by atoms with Crippen molar-refractivity contribution in [2.45, 2.75) is 71.6 Å². The fraction of sp³-hybridized carbons (Fsp3) is 0.720. The molecule has 170 valence electrons. The van der Waals surface area contributed by atoms with Crippen LogP contribution < -0.4 is 0 Å². The normalized spacial score (nSPS) is 48.5. The number of alkyl halides is 2. The Hall–Kier alpha value is -1.33. The molecule has 0 heterocycles. The number of hydrogen-bond acceptors (Lipinski definition) is 4. The first kappa shape index (κ1) is 22.8. The number of aliphatic hydroxyl groups is 1. The van der Waals surface area contributed by atoms with Crippen molar-refractivity contribution >= 4 is 29.0 Å². The summed E-state index contributed by atoms with van der Waals surface area (Å²) in [5.74, 6) is -1.90. The summed E-state index contributed by atoms with van der Waals surface area (Å²) in [4.78, 5) is 38.6. The van der Waals surface area contributed by atoms with E-state index < -0.39 is 33.9 Å². The van der Waals surface area contributed by atoms with E-state index in [-0.39, 0.29) is 47.9 Å². The van der Waals surface area contributed by atoms with Gasteiger partial charge in [-0.3, -0.25) is 14.4 Å². The molecule has 6 heteroatoms. The monoisotopic (exact) mass is 450 g/mol. The van der Waals surface area contributed by atoms with Gasteiger partial charge in [0.2, 0.25) is 0 Å². The standard InChI is InChI=1S/C25H32ClFO4/c1-5-19(29)24(21(31)13-26)14(2)10-18-17-7-6-15-11-16(28)8-9-22(15,3)25(17,27)20(30)12-23(18,24)4/h8-9,11,14,17-18,20,30H,5-7,10,12-13H2,1-4H3/t14-,17-,18-,20-,22-,23-,24-,25-/m0/s1. The minimum absolute atomic E-state index is 0.0219. The van der Waals surface area contributed by atoms with Gasteiger partial charge in [-0.25, -0.2) is 4.39 Å². The molecule has 4 nitrogen and oxygen atoms in total. The number of aliphatic hydroxyl groups excluding tert-OH is 1. The van der Waals surface area contributed by atoms with Gasteiger partial charge in [0.15, 0.2) is 17.2 Å². The number of halogens is 2. The van der Waals surface area contributed by atoms with Crippen LogP contribution in [0.1, 0.15) is 59.8 Å². The van der Waals surface area contributed by atoms with Crippen molar-refractivity contribution in [2.75, 3.05) is 5.88 Å². The van der Waals surface area contributed by atoms with Crippen LogP contribution in [0, 0.1) is 34.0 Å². The molecule has 0 aromatic carbocycles. The highest BCUT2D eigenvalue weighted by Crippen LogP contribution is 2.73. The SMILES string of the molecule is CCC(=O)[C@]1(C(=O)CCl)[C@@H](C)C[C@H]2[C@@H]3CCC4=CC(=O)C=C[C@]4(C)[C@@]3(F)[C@@H](O)C[C@@]21C. The van der Waals surface area contributed by atoms with Crippen LogP contribution >= 0.6 is 11.6 Å². The molecule has 4 aliphatic rings. The maximum absolute atomic E-state index is 17.2. The number of carbonyl (C=O) groups excluding carboxylic acids is 3. The molecule has 0 aliphatic heterocycles. The third-order valence-corrected chi connectivity index (χ3v) is 9.84. The number of Topliss-reactive ketones (excluding diaryl/α,β-unsaturated/α-hetero) is 2. The Morgan fingerprint density at radius 2 is 1.94 bits per heavy atom. The van der Waals surface area contributed by atoms with Gasteiger partial charge >= 0.3 is 0 Å². The zero-order chi connectivity index (χ0) is 23.0. The fourth-order valence-electron chi connectivity index (χ4n) is 8.29. The summed E-state index contributed by atoms with van der Waals surface area (Å²) >= 11 is 6.02. The van der Waals surface area contributed by atoms with Crippen LogP contribution in [0.3, 0.4) is 0 Å². The molecule has 4 rings (SSSR count). The molecule has 0 unspecified atom stereocenters. The van der Waals surface area contributed by atoms with Crippen LogP contribution in [0.15, 0.2) is 23.8 Å². The second-order valence-corrected chi connectivity index (χ2v) is 10.8. The van der Waals surface area contributed by atoms with E-state index in [9.17, 15) is 19.5 Å². The first-order valence-electron chi connectivity index (χ1n) is 11.4. The van der Waals surface area contributed by atoms with E-state index >= 15 is 4.39 Å². The minimum Gasteiger partial charge on any atom is -0.390 e. The van der Waals surface area contributed by atoms with Crippen molar-refractivity contribution in [3.8, 4) is 0 Å². The van der Waals surface area contributed by atoms with Crippen LogP contribution in [0.25, 0.3) is 0 Å². The number of hydrogen-bond donors (Lipinski definition) is 1. The maximum Gasteiger partial charge on any atom is 0.178 e. The Balaban J connectivity index is 1.88. The van der Waals surface area contributed by atoms with E-state index in [1.807, 2.05) is 13.8 Å². The lowest BCUT2D eigenvalue weighted by atomic mass is 9.42. The predicted molar refractivity (Wildman–Crippen MR) is 116 cm³/mol. The quantitative estimate of drug-likeness (QED) is 0.509. The zero-order valence-electron chi connectivity index (χ0n) is 18.7. The molecule has 0 spiro atoms. The predicted octanol–water partition coefficient (Wildman–Crippen LogP) is 4.38. The largest absolute Gasteiger partial charge is 0.390 e. The molecule has 0 amide bonds. The number of fused-ring (bicyclic) bond motifs is 5. The summed E-state index contributed by atoms with van der Waals surface area (Å²) in [5, 5.41) is 11.4. The van der Waals surface area contributed by atoms with E-state index in [1.54, 1.807) is 19.9 Å². The van der Waals surface area contributed by atoms with Crippen molar-refractivity contribution in [1.82, 2.24) is 0 Å². The Bertz CT molecular complexity index is 893. The van der Waals surface area contributed by atoms with E-state index in [0.29, 0.717) is 19.3 Å². The van der Waals surface area contributed by atoms with Gasteiger partial charge in [-0.15, -0.1) is 11.6 Å². The van der Waals surface area contributed by atoms with E-state index in [0.717, 1.165) is 5.57 Å². The third kappa shape index (κ3) is 2.48. The van der Waals surface area contributed by atoms with Crippen LogP contribution in [0.5, 0.6) is 0 Å². The van der Waals surface area contributed by atoms with Gasteiger partial charge in [-0.1, -0.05) is 32.4 Å². The molecule has 0 aromatic heterocycles. The molecule has 4 aliphatic carbocycles. The highest BCUT2D eigenvalue weighted by Gasteiger charge is 2.76. The molecule has 1 N–H and O–H groups in total. The van der Waals surface area contributed by atoms with Gasteiger partial charge in [0.25, 0.3) is 0 Å². The molecule has 0 aromatic rings. The molecule has 31 heavy (non-hydrogen) atoms. The first-order valence-corrected chi connectivity index (χ1v) is 11.9. The highest BCUT2D eigenvalue weighted by atomic mass is 35.5. The summed E-state index contributed by atoms with van der Waals surface area (Å²) in [6.07, 6.45) is 4.98. The zero-order valence-corrected chi connectivity index (χ0v) is 19.5. The summed E-state index contributed by atoms with van der Waals surface area (Å²) in [7, 11) is 0.